The van der Waals surface area contributed by atoms with Crippen molar-refractivity contribution in [2.75, 3.05) is 0 Å². The van der Waals surface area contributed by atoms with Gasteiger partial charge in [0.05, 0.1) is 11.7 Å². The molecular formula is C32H46ClNO. The van der Waals surface area contributed by atoms with Crippen LogP contribution in [0.25, 0.3) is 0 Å². The van der Waals surface area contributed by atoms with E-state index in [0.717, 1.165) is 43.5 Å². The first-order valence-electron chi connectivity index (χ1n) is 14.0. The summed E-state index contributed by atoms with van der Waals surface area (Å²) in [6.07, 6.45) is 14.7. The van der Waals surface area contributed by atoms with Gasteiger partial charge in [-0.15, -0.1) is 0 Å². The highest BCUT2D eigenvalue weighted by Crippen LogP contribution is 2.52. The zero-order valence-electron chi connectivity index (χ0n) is 22.8. The molecule has 7 atom stereocenters. The number of ether oxygens (including phenoxy) is 1. The van der Waals surface area contributed by atoms with E-state index < -0.39 is 0 Å². The van der Waals surface area contributed by atoms with Gasteiger partial charge < -0.3 is 10.1 Å². The smallest absolute Gasteiger partial charge is 0.0954 e. The predicted octanol–water partition coefficient (Wildman–Crippen LogP) is 8.23. The maximum absolute atomic E-state index is 6.96. The van der Waals surface area contributed by atoms with Crippen LogP contribution in [0, 0.1) is 23.7 Å². The van der Waals surface area contributed by atoms with Gasteiger partial charge in [0.1, 0.15) is 0 Å². The lowest BCUT2D eigenvalue weighted by Gasteiger charge is -2.38. The van der Waals surface area contributed by atoms with Gasteiger partial charge in [-0.05, 0) is 92.7 Å². The first kappa shape index (κ1) is 26.6. The van der Waals surface area contributed by atoms with Crippen LogP contribution in [0.2, 0.25) is 5.02 Å². The molecule has 2 nitrogen and oxygen atoms in total. The van der Waals surface area contributed by atoms with Crippen LogP contribution in [0.4, 0.5) is 0 Å². The lowest BCUT2D eigenvalue weighted by Crippen LogP contribution is -2.43. The molecule has 0 radical (unpaired) electrons. The van der Waals surface area contributed by atoms with Crippen LogP contribution in [-0.2, 0) is 24.0 Å². The molecular weight excluding hydrogens is 450 g/mol. The Morgan fingerprint density at radius 1 is 1.17 bits per heavy atom. The Bertz CT molecular complexity index is 994. The van der Waals surface area contributed by atoms with Crippen molar-refractivity contribution in [3.63, 3.8) is 0 Å². The van der Waals surface area contributed by atoms with E-state index in [-0.39, 0.29) is 5.60 Å². The molecule has 2 heterocycles. The lowest BCUT2D eigenvalue weighted by molar-refractivity contribution is 0.190. The number of piperidine rings is 1. The molecule has 4 rings (SSSR count). The van der Waals surface area contributed by atoms with E-state index in [1.54, 1.807) is 0 Å². The maximum atomic E-state index is 6.96. The number of nitrogens with one attached hydrogen (secondary N) is 1. The van der Waals surface area contributed by atoms with Gasteiger partial charge in [-0.2, -0.15) is 0 Å². The van der Waals surface area contributed by atoms with E-state index >= 15 is 0 Å². The van der Waals surface area contributed by atoms with E-state index in [2.05, 4.69) is 83.8 Å². The van der Waals surface area contributed by atoms with Crippen LogP contribution in [-0.4, -0.2) is 17.7 Å². The summed E-state index contributed by atoms with van der Waals surface area (Å²) in [5, 5.41) is 4.72. The van der Waals surface area contributed by atoms with Gasteiger partial charge >= 0.3 is 0 Å². The highest BCUT2D eigenvalue weighted by atomic mass is 35.5. The minimum Gasteiger partial charge on any atom is -0.385 e. The molecule has 4 bridgehead atoms. The second kappa shape index (κ2) is 10.9. The molecule has 0 spiro atoms. The molecule has 0 saturated carbocycles. The van der Waals surface area contributed by atoms with Gasteiger partial charge in [-0.1, -0.05) is 88.2 Å². The summed E-state index contributed by atoms with van der Waals surface area (Å²) in [5.74, 6) is 2.09. The van der Waals surface area contributed by atoms with Crippen molar-refractivity contribution in [3.05, 3.63) is 69.9 Å². The number of hydrogen-bond donors (Lipinski definition) is 1. The third-order valence-electron chi connectivity index (χ3n) is 9.21. The van der Waals surface area contributed by atoms with Crippen LogP contribution < -0.4 is 5.32 Å². The minimum atomic E-state index is -0.0740. The first-order valence-corrected chi connectivity index (χ1v) is 14.3. The summed E-state index contributed by atoms with van der Waals surface area (Å²) < 4.78 is 6.61. The summed E-state index contributed by atoms with van der Waals surface area (Å²) >= 11 is 6.96. The molecule has 2 aliphatic heterocycles. The van der Waals surface area contributed by atoms with Gasteiger partial charge in [-0.25, -0.2) is 0 Å². The third kappa shape index (κ3) is 5.59. The molecule has 2 fully saturated rings. The largest absolute Gasteiger partial charge is 0.385 e. The average molecular weight is 496 g/mol. The summed E-state index contributed by atoms with van der Waals surface area (Å²) in [6, 6.07) is 5.13. The normalized spacial score (nSPS) is 37.9. The van der Waals surface area contributed by atoms with Crippen LogP contribution in [0.15, 0.2) is 48.2 Å². The van der Waals surface area contributed by atoms with Gasteiger partial charge in [0.25, 0.3) is 0 Å². The van der Waals surface area contributed by atoms with Gasteiger partial charge in [0.2, 0.25) is 0 Å². The molecule has 35 heavy (non-hydrogen) atoms. The molecule has 0 amide bonds. The van der Waals surface area contributed by atoms with Crippen molar-refractivity contribution in [1.82, 2.24) is 5.32 Å². The van der Waals surface area contributed by atoms with E-state index in [0.29, 0.717) is 35.8 Å². The molecule has 1 aromatic carbocycles. The number of epoxide rings is 1. The molecule has 192 valence electrons. The number of fused-ring (bicyclic) bond motifs is 5. The number of benzene rings is 1. The van der Waals surface area contributed by atoms with Gasteiger partial charge in [0.15, 0.2) is 0 Å². The minimum absolute atomic E-state index is 0.0740. The molecule has 1 aliphatic carbocycles. The number of halogens is 1. The fourth-order valence-electron chi connectivity index (χ4n) is 6.88. The van der Waals surface area contributed by atoms with Gasteiger partial charge in [-0.3, -0.25) is 0 Å². The Labute approximate surface area is 219 Å². The molecule has 0 aromatic heterocycles. The fraction of sp³-hybridized carbons (Fsp3) is 0.625. The zero-order chi connectivity index (χ0) is 25.3. The highest BCUT2D eigenvalue weighted by molar-refractivity contribution is 6.32. The molecule has 1 aromatic rings. The standard InChI is InChI=1S/C32H46ClNO/c1-8-24-13-11-12-20(4)14-23-16-25(9-2)30(33)27(17-23)18-28(10-3)32(7)31(35-32)22(6)26-15-21(5)34-29(24)19-26/h11-13,16-17,22,24,26,28-29,31,34H,5,8-10,14-15,18-19H2,1-4,6-7H3/b13-11+,20-12+. The fourth-order valence-corrected chi connectivity index (χ4v) is 7.20. The molecule has 2 saturated heterocycles. The predicted molar refractivity (Wildman–Crippen MR) is 150 cm³/mol. The SMILES string of the molecule is C=C1CC2CC(N1)C(CC)/C=C/C=C(\C)Cc1cc(CC)c(Cl)c(c1)CC(CC)C1(C)OC1C2C. The Morgan fingerprint density at radius 3 is 2.63 bits per heavy atom. The zero-order valence-corrected chi connectivity index (χ0v) is 23.5. The quantitative estimate of drug-likeness (QED) is 0.427. The average Bonchev–Trinajstić information content (AvgIpc) is 3.52. The van der Waals surface area contributed by atoms with E-state index in [4.69, 9.17) is 16.3 Å². The van der Waals surface area contributed by atoms with Crippen molar-refractivity contribution in [1.29, 1.82) is 0 Å². The second-order valence-corrected chi connectivity index (χ2v) is 12.1. The Morgan fingerprint density at radius 2 is 1.94 bits per heavy atom. The summed E-state index contributed by atoms with van der Waals surface area (Å²) in [7, 11) is 0. The van der Waals surface area contributed by atoms with Gasteiger partial charge in [0, 0.05) is 16.8 Å². The molecule has 1 N–H and O–H groups in total. The van der Waals surface area contributed by atoms with E-state index in [1.165, 1.54) is 34.4 Å². The molecule has 7 unspecified atom stereocenters. The number of rotatable bonds is 3. The topological polar surface area (TPSA) is 24.6 Å². The van der Waals surface area contributed by atoms with Crippen molar-refractivity contribution in [3.8, 4) is 0 Å². The Kier molecular flexibility index (Phi) is 8.23. The number of aryl methyl sites for hydroxylation is 1. The highest BCUT2D eigenvalue weighted by Gasteiger charge is 2.60. The van der Waals surface area contributed by atoms with Crippen LogP contribution in [0.5, 0.6) is 0 Å². The lowest BCUT2D eigenvalue weighted by atomic mass is 9.72. The van der Waals surface area contributed by atoms with Crippen LogP contribution in [0.1, 0.15) is 83.9 Å². The summed E-state index contributed by atoms with van der Waals surface area (Å²) in [4.78, 5) is 0. The van der Waals surface area contributed by atoms with Crippen molar-refractivity contribution >= 4 is 11.6 Å². The first-order chi connectivity index (χ1) is 16.7. The summed E-state index contributed by atoms with van der Waals surface area (Å²) in [5.41, 5.74) is 6.44. The Balaban J connectivity index is 1.74. The van der Waals surface area contributed by atoms with Crippen molar-refractivity contribution in [2.24, 2.45) is 23.7 Å². The number of allylic oxidation sites excluding steroid dienone is 4. The van der Waals surface area contributed by atoms with Crippen molar-refractivity contribution in [2.45, 2.75) is 104 Å². The number of hydrogen-bond acceptors (Lipinski definition) is 2. The van der Waals surface area contributed by atoms with Crippen molar-refractivity contribution < 1.29 is 4.74 Å². The van der Waals surface area contributed by atoms with E-state index in [9.17, 15) is 0 Å². The second-order valence-electron chi connectivity index (χ2n) is 11.7. The Hall–Kier alpha value is -1.51. The molecule has 3 aliphatic rings. The van der Waals surface area contributed by atoms with E-state index in [1.807, 2.05) is 0 Å². The van der Waals surface area contributed by atoms with Crippen LogP contribution in [0.3, 0.4) is 0 Å². The van der Waals surface area contributed by atoms with Crippen LogP contribution >= 0.6 is 11.6 Å². The molecule has 3 heteroatoms. The summed E-state index contributed by atoms with van der Waals surface area (Å²) in [6.45, 7) is 18.2. The maximum Gasteiger partial charge on any atom is 0.0954 e. The monoisotopic (exact) mass is 495 g/mol. The third-order valence-corrected chi connectivity index (χ3v) is 9.69.